The minimum absolute atomic E-state index is 0.236. The van der Waals surface area contributed by atoms with E-state index < -0.39 is 0 Å². The molecule has 0 spiro atoms. The van der Waals surface area contributed by atoms with Crippen molar-refractivity contribution in [3.8, 4) is 0 Å². The van der Waals surface area contributed by atoms with Crippen LogP contribution in [0, 0.1) is 0 Å². The Morgan fingerprint density at radius 3 is 2.39 bits per heavy atom. The van der Waals surface area contributed by atoms with Gasteiger partial charge in [0, 0.05) is 12.6 Å². The van der Waals surface area contributed by atoms with Crippen LogP contribution in [-0.2, 0) is 6.54 Å². The number of rotatable bonds is 4. The van der Waals surface area contributed by atoms with Crippen LogP contribution in [-0.4, -0.2) is 0 Å². The van der Waals surface area contributed by atoms with Crippen molar-refractivity contribution in [3.63, 3.8) is 0 Å². The Morgan fingerprint density at radius 1 is 1.00 bits per heavy atom. The molecule has 1 N–H and O–H groups in total. The average Bonchev–Trinajstić information content (AvgIpc) is 2.40. The molecule has 0 aliphatic heterocycles. The largest absolute Gasteiger partial charge is 0.306 e. The highest BCUT2D eigenvalue weighted by Crippen LogP contribution is 2.25. The van der Waals surface area contributed by atoms with Gasteiger partial charge in [0.15, 0.2) is 0 Å². The molecule has 0 aliphatic rings. The first-order valence-corrected chi connectivity index (χ1v) is 6.64. The standard InChI is InChI=1S/C15H15Cl2N/c1-11(13-7-8-14(16)15(17)9-13)18-10-12-5-3-2-4-6-12/h2-9,11,18H,10H2,1H3. The Bertz CT molecular complexity index is 511. The lowest BCUT2D eigenvalue weighted by Gasteiger charge is -2.15. The highest BCUT2D eigenvalue weighted by Gasteiger charge is 2.07. The summed E-state index contributed by atoms with van der Waals surface area (Å²) in [4.78, 5) is 0. The maximum absolute atomic E-state index is 6.02. The summed E-state index contributed by atoms with van der Waals surface area (Å²) in [5.41, 5.74) is 2.41. The van der Waals surface area contributed by atoms with E-state index in [1.807, 2.05) is 36.4 Å². The van der Waals surface area contributed by atoms with E-state index in [2.05, 4.69) is 24.4 Å². The topological polar surface area (TPSA) is 12.0 Å². The van der Waals surface area contributed by atoms with Gasteiger partial charge in [0.2, 0.25) is 0 Å². The van der Waals surface area contributed by atoms with Crippen LogP contribution in [0.2, 0.25) is 10.0 Å². The summed E-state index contributed by atoms with van der Waals surface area (Å²) in [5.74, 6) is 0. The van der Waals surface area contributed by atoms with E-state index in [-0.39, 0.29) is 6.04 Å². The van der Waals surface area contributed by atoms with Crippen molar-refractivity contribution in [2.75, 3.05) is 0 Å². The molecule has 2 aromatic rings. The molecule has 2 aromatic carbocycles. The molecule has 0 saturated heterocycles. The second-order valence-corrected chi connectivity index (χ2v) is 5.08. The predicted octanol–water partition coefficient (Wildman–Crippen LogP) is 4.84. The van der Waals surface area contributed by atoms with E-state index in [9.17, 15) is 0 Å². The van der Waals surface area contributed by atoms with E-state index in [1.165, 1.54) is 5.56 Å². The van der Waals surface area contributed by atoms with Gasteiger partial charge in [0.1, 0.15) is 0 Å². The number of nitrogens with one attached hydrogen (secondary N) is 1. The molecule has 0 aromatic heterocycles. The van der Waals surface area contributed by atoms with Crippen molar-refractivity contribution in [1.82, 2.24) is 5.32 Å². The minimum Gasteiger partial charge on any atom is -0.306 e. The summed E-state index contributed by atoms with van der Waals surface area (Å²) in [6, 6.07) is 16.3. The molecule has 0 heterocycles. The van der Waals surface area contributed by atoms with Crippen molar-refractivity contribution >= 4 is 23.2 Å². The Labute approximate surface area is 118 Å². The molecule has 0 saturated carbocycles. The van der Waals surface area contributed by atoms with Crippen LogP contribution in [0.5, 0.6) is 0 Å². The van der Waals surface area contributed by atoms with Crippen molar-refractivity contribution in [3.05, 3.63) is 69.7 Å². The normalized spacial score (nSPS) is 12.4. The molecule has 0 aliphatic carbocycles. The SMILES string of the molecule is CC(NCc1ccccc1)c1ccc(Cl)c(Cl)c1. The van der Waals surface area contributed by atoms with Crippen molar-refractivity contribution < 1.29 is 0 Å². The summed E-state index contributed by atoms with van der Waals surface area (Å²) in [6.07, 6.45) is 0. The van der Waals surface area contributed by atoms with E-state index in [1.54, 1.807) is 0 Å². The number of benzene rings is 2. The number of halogens is 2. The molecule has 0 fully saturated rings. The molecule has 94 valence electrons. The Morgan fingerprint density at radius 2 is 1.72 bits per heavy atom. The molecule has 0 amide bonds. The van der Waals surface area contributed by atoms with E-state index in [0.29, 0.717) is 10.0 Å². The first-order valence-electron chi connectivity index (χ1n) is 5.89. The molecule has 18 heavy (non-hydrogen) atoms. The van der Waals surface area contributed by atoms with Gasteiger partial charge in [-0.25, -0.2) is 0 Å². The quantitative estimate of drug-likeness (QED) is 0.844. The van der Waals surface area contributed by atoms with Crippen LogP contribution in [0.1, 0.15) is 24.1 Å². The fraction of sp³-hybridized carbons (Fsp3) is 0.200. The van der Waals surface area contributed by atoms with Gasteiger partial charge in [-0.05, 0) is 30.2 Å². The smallest absolute Gasteiger partial charge is 0.0595 e. The van der Waals surface area contributed by atoms with Crippen LogP contribution >= 0.6 is 23.2 Å². The first-order chi connectivity index (χ1) is 8.66. The monoisotopic (exact) mass is 279 g/mol. The summed E-state index contributed by atoms with van der Waals surface area (Å²) < 4.78 is 0. The molecular formula is C15H15Cl2N. The van der Waals surface area contributed by atoms with E-state index in [0.717, 1.165) is 12.1 Å². The van der Waals surface area contributed by atoms with Gasteiger partial charge in [0.25, 0.3) is 0 Å². The summed E-state index contributed by atoms with van der Waals surface area (Å²) in [7, 11) is 0. The van der Waals surface area contributed by atoms with Gasteiger partial charge in [0.05, 0.1) is 10.0 Å². The second-order valence-electron chi connectivity index (χ2n) is 4.26. The summed E-state index contributed by atoms with van der Waals surface area (Å²) in [6.45, 7) is 2.95. The minimum atomic E-state index is 0.236. The number of hydrogen-bond donors (Lipinski definition) is 1. The van der Waals surface area contributed by atoms with Crippen molar-refractivity contribution in [2.45, 2.75) is 19.5 Å². The Hall–Kier alpha value is -1.02. The fourth-order valence-corrected chi connectivity index (χ4v) is 2.07. The molecule has 1 unspecified atom stereocenters. The highest BCUT2D eigenvalue weighted by molar-refractivity contribution is 6.42. The van der Waals surface area contributed by atoms with Gasteiger partial charge in [-0.3, -0.25) is 0 Å². The second kappa shape index (κ2) is 6.24. The van der Waals surface area contributed by atoms with Crippen LogP contribution < -0.4 is 5.32 Å². The zero-order chi connectivity index (χ0) is 13.0. The van der Waals surface area contributed by atoms with E-state index >= 15 is 0 Å². The van der Waals surface area contributed by atoms with Crippen molar-refractivity contribution in [2.24, 2.45) is 0 Å². The number of hydrogen-bond acceptors (Lipinski definition) is 1. The summed E-state index contributed by atoms with van der Waals surface area (Å²) >= 11 is 11.9. The van der Waals surface area contributed by atoms with Gasteiger partial charge < -0.3 is 5.32 Å². The molecule has 3 heteroatoms. The molecular weight excluding hydrogens is 265 g/mol. The zero-order valence-electron chi connectivity index (χ0n) is 10.2. The van der Waals surface area contributed by atoms with Gasteiger partial charge in [-0.15, -0.1) is 0 Å². The lowest BCUT2D eigenvalue weighted by atomic mass is 10.1. The lowest BCUT2D eigenvalue weighted by molar-refractivity contribution is 0.575. The van der Waals surface area contributed by atoms with Crippen molar-refractivity contribution in [1.29, 1.82) is 0 Å². The van der Waals surface area contributed by atoms with Crippen LogP contribution in [0.15, 0.2) is 48.5 Å². The third kappa shape index (κ3) is 3.49. The molecule has 2 rings (SSSR count). The lowest BCUT2D eigenvalue weighted by Crippen LogP contribution is -2.17. The van der Waals surface area contributed by atoms with Crippen LogP contribution in [0.25, 0.3) is 0 Å². The average molecular weight is 280 g/mol. The summed E-state index contributed by atoms with van der Waals surface area (Å²) in [5, 5.41) is 4.65. The molecule has 0 radical (unpaired) electrons. The Balaban J connectivity index is 1.99. The van der Waals surface area contributed by atoms with Crippen LogP contribution in [0.3, 0.4) is 0 Å². The predicted molar refractivity (Wildman–Crippen MR) is 78.2 cm³/mol. The highest BCUT2D eigenvalue weighted by atomic mass is 35.5. The van der Waals surface area contributed by atoms with Gasteiger partial charge in [-0.1, -0.05) is 59.6 Å². The maximum atomic E-state index is 6.02. The molecule has 0 bridgehead atoms. The van der Waals surface area contributed by atoms with Gasteiger partial charge >= 0.3 is 0 Å². The Kier molecular flexibility index (Phi) is 4.65. The maximum Gasteiger partial charge on any atom is 0.0595 e. The third-order valence-corrected chi connectivity index (χ3v) is 3.64. The van der Waals surface area contributed by atoms with E-state index in [4.69, 9.17) is 23.2 Å². The molecule has 1 nitrogen and oxygen atoms in total. The third-order valence-electron chi connectivity index (χ3n) is 2.90. The first kappa shape index (κ1) is 13.4. The molecule has 1 atom stereocenters. The fourth-order valence-electron chi connectivity index (χ4n) is 1.77. The zero-order valence-corrected chi connectivity index (χ0v) is 11.7. The van der Waals surface area contributed by atoms with Crippen LogP contribution in [0.4, 0.5) is 0 Å². The van der Waals surface area contributed by atoms with Gasteiger partial charge in [-0.2, -0.15) is 0 Å².